The number of aliphatic hydroxyl groups is 1. The van der Waals surface area contributed by atoms with E-state index >= 15 is 0 Å². The molecule has 4 nitrogen and oxygen atoms in total. The molecule has 100 valence electrons. The molecule has 2 rings (SSSR count). The Balaban J connectivity index is 2.12. The number of hydrogen-bond donors (Lipinski definition) is 2. The fourth-order valence-corrected chi connectivity index (χ4v) is 2.52. The molecular formula is C12H16Cl2N2O2. The molecule has 2 N–H and O–H groups in total. The molecular weight excluding hydrogens is 275 g/mol. The van der Waals surface area contributed by atoms with Crippen molar-refractivity contribution in [3.63, 3.8) is 0 Å². The van der Waals surface area contributed by atoms with Gasteiger partial charge in [-0.3, -0.25) is 4.79 Å². The van der Waals surface area contributed by atoms with Gasteiger partial charge in [-0.2, -0.15) is 0 Å². The van der Waals surface area contributed by atoms with Crippen LogP contribution in [0.5, 0.6) is 0 Å². The van der Waals surface area contributed by atoms with Crippen LogP contribution >= 0.6 is 23.2 Å². The molecule has 18 heavy (non-hydrogen) atoms. The molecule has 1 aromatic rings. The topological polar surface area (TPSA) is 54.3 Å². The van der Waals surface area contributed by atoms with Crippen LogP contribution in [0.1, 0.15) is 30.8 Å². The molecule has 0 aromatic carbocycles. The lowest BCUT2D eigenvalue weighted by Gasteiger charge is -2.49. The summed E-state index contributed by atoms with van der Waals surface area (Å²) in [6.07, 6.45) is 0.202. The van der Waals surface area contributed by atoms with Gasteiger partial charge in [-0.05, 0) is 12.5 Å². The van der Waals surface area contributed by atoms with Crippen molar-refractivity contribution in [3.05, 3.63) is 21.9 Å². The molecule has 0 aliphatic heterocycles. The summed E-state index contributed by atoms with van der Waals surface area (Å²) in [6, 6.07) is 1.51. The summed E-state index contributed by atoms with van der Waals surface area (Å²) < 4.78 is 1.54. The average Bonchev–Trinajstić information content (AvgIpc) is 2.56. The Labute approximate surface area is 116 Å². The summed E-state index contributed by atoms with van der Waals surface area (Å²) in [5.41, 5.74) is 0.121. The van der Waals surface area contributed by atoms with E-state index in [2.05, 4.69) is 5.32 Å². The van der Waals surface area contributed by atoms with Gasteiger partial charge in [0.15, 0.2) is 0 Å². The van der Waals surface area contributed by atoms with Crippen LogP contribution in [0, 0.1) is 5.41 Å². The molecule has 1 aromatic heterocycles. The van der Waals surface area contributed by atoms with Crippen LogP contribution in [0.4, 0.5) is 0 Å². The lowest BCUT2D eigenvalue weighted by molar-refractivity contribution is -0.0690. The van der Waals surface area contributed by atoms with Crippen molar-refractivity contribution in [2.45, 2.75) is 32.4 Å². The first kappa shape index (κ1) is 13.7. The van der Waals surface area contributed by atoms with E-state index < -0.39 is 0 Å². The number of aliphatic hydroxyl groups excluding tert-OH is 1. The van der Waals surface area contributed by atoms with Crippen LogP contribution in [0.25, 0.3) is 0 Å². The van der Waals surface area contributed by atoms with Crippen LogP contribution in [0.3, 0.4) is 0 Å². The molecule has 1 fully saturated rings. The van der Waals surface area contributed by atoms with E-state index in [4.69, 9.17) is 23.2 Å². The van der Waals surface area contributed by atoms with Crippen molar-refractivity contribution in [1.29, 1.82) is 0 Å². The minimum absolute atomic E-state index is 0.0348. The summed E-state index contributed by atoms with van der Waals surface area (Å²) in [6.45, 7) is 3.86. The van der Waals surface area contributed by atoms with Gasteiger partial charge in [0.25, 0.3) is 5.91 Å². The number of amides is 1. The highest BCUT2D eigenvalue weighted by molar-refractivity contribution is 6.41. The molecule has 2 atom stereocenters. The van der Waals surface area contributed by atoms with Crippen molar-refractivity contribution in [2.24, 2.45) is 12.5 Å². The van der Waals surface area contributed by atoms with Gasteiger partial charge in [0, 0.05) is 18.5 Å². The van der Waals surface area contributed by atoms with Crippen molar-refractivity contribution in [2.75, 3.05) is 0 Å². The fraction of sp³-hybridized carbons (Fsp3) is 0.583. The molecule has 1 saturated carbocycles. The van der Waals surface area contributed by atoms with Gasteiger partial charge in [-0.15, -0.1) is 0 Å². The van der Waals surface area contributed by atoms with E-state index in [0.717, 1.165) is 0 Å². The lowest BCUT2D eigenvalue weighted by Crippen LogP contribution is -2.61. The standard InChI is InChI=1S/C12H16Cl2N2O2/c1-12(2)8(5-9(12)17)15-11(18)7-4-6(13)10(14)16(7)3/h4,8-9,17H,5H2,1-3H3,(H,15,18). The Morgan fingerprint density at radius 1 is 1.56 bits per heavy atom. The van der Waals surface area contributed by atoms with Gasteiger partial charge >= 0.3 is 0 Å². The van der Waals surface area contributed by atoms with E-state index in [9.17, 15) is 9.90 Å². The molecule has 1 aliphatic rings. The maximum atomic E-state index is 12.1. The molecule has 0 radical (unpaired) electrons. The molecule has 0 saturated heterocycles. The summed E-state index contributed by atoms with van der Waals surface area (Å²) in [5.74, 6) is -0.226. The Morgan fingerprint density at radius 3 is 2.56 bits per heavy atom. The zero-order valence-electron chi connectivity index (χ0n) is 10.5. The van der Waals surface area contributed by atoms with Crippen LogP contribution in [-0.4, -0.2) is 27.7 Å². The first-order chi connectivity index (χ1) is 8.25. The average molecular weight is 291 g/mol. The normalized spacial score (nSPS) is 25.7. The minimum Gasteiger partial charge on any atom is -0.392 e. The van der Waals surface area contributed by atoms with E-state index in [-0.39, 0.29) is 23.5 Å². The number of carbonyl (C=O) groups is 1. The summed E-state index contributed by atoms with van der Waals surface area (Å²) >= 11 is 11.8. The number of nitrogens with zero attached hydrogens (tertiary/aromatic N) is 1. The van der Waals surface area contributed by atoms with E-state index in [1.807, 2.05) is 13.8 Å². The second kappa shape index (κ2) is 4.44. The maximum absolute atomic E-state index is 12.1. The fourth-order valence-electron chi connectivity index (χ4n) is 2.14. The Kier molecular flexibility index (Phi) is 3.38. The van der Waals surface area contributed by atoms with Crippen molar-refractivity contribution >= 4 is 29.1 Å². The summed E-state index contributed by atoms with van der Waals surface area (Å²) in [4.78, 5) is 12.1. The third-order valence-corrected chi connectivity index (χ3v) is 4.71. The largest absolute Gasteiger partial charge is 0.392 e. The van der Waals surface area contributed by atoms with Crippen molar-refractivity contribution < 1.29 is 9.90 Å². The van der Waals surface area contributed by atoms with Crippen molar-refractivity contribution in [3.8, 4) is 0 Å². The number of carbonyl (C=O) groups excluding carboxylic acids is 1. The maximum Gasteiger partial charge on any atom is 0.268 e. The zero-order valence-corrected chi connectivity index (χ0v) is 12.0. The first-order valence-corrected chi connectivity index (χ1v) is 6.50. The van der Waals surface area contributed by atoms with Gasteiger partial charge in [0.05, 0.1) is 11.1 Å². The third kappa shape index (κ3) is 2.02. The second-order valence-corrected chi connectivity index (χ2v) is 6.09. The van der Waals surface area contributed by atoms with Crippen LogP contribution in [0.15, 0.2) is 6.07 Å². The Morgan fingerprint density at radius 2 is 2.17 bits per heavy atom. The number of aromatic nitrogens is 1. The summed E-state index contributed by atoms with van der Waals surface area (Å²) in [7, 11) is 1.68. The van der Waals surface area contributed by atoms with Crippen LogP contribution in [0.2, 0.25) is 10.2 Å². The third-order valence-electron chi connectivity index (χ3n) is 3.87. The van der Waals surface area contributed by atoms with Crippen molar-refractivity contribution in [1.82, 2.24) is 9.88 Å². The molecule has 6 heteroatoms. The minimum atomic E-state index is -0.372. The zero-order chi connectivity index (χ0) is 13.7. The molecule has 1 heterocycles. The lowest BCUT2D eigenvalue weighted by atomic mass is 9.64. The SMILES string of the molecule is Cn1c(C(=O)NC2CC(O)C2(C)C)cc(Cl)c1Cl. The molecule has 1 aliphatic carbocycles. The molecule has 2 unspecified atom stereocenters. The van der Waals surface area contributed by atoms with Crippen LogP contribution in [-0.2, 0) is 7.05 Å². The predicted octanol–water partition coefficient (Wildman–Crippen LogP) is 2.22. The number of hydrogen-bond acceptors (Lipinski definition) is 2. The van der Waals surface area contributed by atoms with E-state index in [1.54, 1.807) is 17.7 Å². The van der Waals surface area contributed by atoms with E-state index in [1.165, 1.54) is 0 Å². The second-order valence-electron chi connectivity index (χ2n) is 5.33. The highest BCUT2D eigenvalue weighted by Crippen LogP contribution is 2.40. The Hall–Kier alpha value is -0.710. The van der Waals surface area contributed by atoms with Gasteiger partial charge in [0.1, 0.15) is 10.8 Å². The monoisotopic (exact) mass is 290 g/mol. The van der Waals surface area contributed by atoms with Gasteiger partial charge in [0.2, 0.25) is 0 Å². The number of rotatable bonds is 2. The first-order valence-electron chi connectivity index (χ1n) is 5.74. The summed E-state index contributed by atoms with van der Waals surface area (Å²) in [5, 5.41) is 13.2. The number of halogens is 2. The molecule has 0 spiro atoms. The predicted molar refractivity (Wildman–Crippen MR) is 71.1 cm³/mol. The quantitative estimate of drug-likeness (QED) is 0.878. The number of nitrogens with one attached hydrogen (secondary N) is 1. The molecule has 0 bridgehead atoms. The van der Waals surface area contributed by atoms with Gasteiger partial charge in [-0.1, -0.05) is 37.0 Å². The highest BCUT2D eigenvalue weighted by atomic mass is 35.5. The smallest absolute Gasteiger partial charge is 0.268 e. The highest BCUT2D eigenvalue weighted by Gasteiger charge is 2.48. The van der Waals surface area contributed by atoms with Gasteiger partial charge < -0.3 is 15.0 Å². The van der Waals surface area contributed by atoms with E-state index in [0.29, 0.717) is 22.3 Å². The molecule has 1 amide bonds. The van der Waals surface area contributed by atoms with Gasteiger partial charge in [-0.25, -0.2) is 0 Å². The Bertz CT molecular complexity index is 497. The van der Waals surface area contributed by atoms with Crippen LogP contribution < -0.4 is 5.32 Å².